The summed E-state index contributed by atoms with van der Waals surface area (Å²) in [6.45, 7) is 2.84. The lowest BCUT2D eigenvalue weighted by Gasteiger charge is -2.23. The molecule has 1 unspecified atom stereocenters. The first-order chi connectivity index (χ1) is 16.7. The molecule has 0 radical (unpaired) electrons. The molecule has 2 heterocycles. The molecule has 0 spiro atoms. The van der Waals surface area contributed by atoms with E-state index in [9.17, 15) is 5.26 Å². The quantitative estimate of drug-likeness (QED) is 0.373. The standard InChI is InChI=1S/C31H25N3/c1-21-13-14-31-27(17-21)26-10-3-5-12-30(26)34(31)29-11-4-2-9-25(29)23-7-6-8-24(19-23)28-18-22(20-32)15-16-33-28/h2-6,8-15,17-19,23,33H,7,16H2,1H3. The van der Waals surface area contributed by atoms with Gasteiger partial charge in [-0.1, -0.05) is 66.3 Å². The van der Waals surface area contributed by atoms with Gasteiger partial charge >= 0.3 is 0 Å². The minimum Gasteiger partial charge on any atom is -0.381 e. The highest BCUT2D eigenvalue weighted by atomic mass is 15.0. The van der Waals surface area contributed by atoms with Crippen molar-refractivity contribution in [2.24, 2.45) is 0 Å². The van der Waals surface area contributed by atoms with Crippen molar-refractivity contribution in [3.63, 3.8) is 0 Å². The van der Waals surface area contributed by atoms with Crippen LogP contribution in [-0.2, 0) is 0 Å². The molecule has 0 saturated heterocycles. The van der Waals surface area contributed by atoms with Gasteiger partial charge < -0.3 is 9.88 Å². The highest BCUT2D eigenvalue weighted by Gasteiger charge is 2.21. The van der Waals surface area contributed by atoms with Crippen LogP contribution in [0.1, 0.15) is 23.5 Å². The maximum Gasteiger partial charge on any atom is 0.0989 e. The Balaban J connectivity index is 1.52. The summed E-state index contributed by atoms with van der Waals surface area (Å²) in [5, 5.41) is 15.3. The molecule has 4 aromatic rings. The van der Waals surface area contributed by atoms with Crippen LogP contribution in [0.25, 0.3) is 27.5 Å². The molecule has 0 bridgehead atoms. The summed E-state index contributed by atoms with van der Waals surface area (Å²) in [5.74, 6) is 0.247. The molecule has 0 amide bonds. The first-order valence-electron chi connectivity index (χ1n) is 11.8. The van der Waals surface area contributed by atoms with Crippen molar-refractivity contribution in [1.82, 2.24) is 9.88 Å². The van der Waals surface area contributed by atoms with Crippen LogP contribution in [0.3, 0.4) is 0 Å². The number of rotatable bonds is 3. The van der Waals surface area contributed by atoms with Crippen LogP contribution in [0.5, 0.6) is 0 Å². The van der Waals surface area contributed by atoms with Crippen LogP contribution in [0.4, 0.5) is 0 Å². The third kappa shape index (κ3) is 3.36. The number of dihydropyridines is 1. The van der Waals surface area contributed by atoms with Gasteiger partial charge in [-0.2, -0.15) is 5.26 Å². The average molecular weight is 440 g/mol. The number of aromatic nitrogens is 1. The number of hydrogen-bond acceptors (Lipinski definition) is 2. The Bertz CT molecular complexity index is 1600. The second-order valence-electron chi connectivity index (χ2n) is 9.01. The van der Waals surface area contributed by atoms with Gasteiger partial charge in [0.05, 0.1) is 22.7 Å². The minimum atomic E-state index is 0.247. The maximum absolute atomic E-state index is 9.34. The summed E-state index contributed by atoms with van der Waals surface area (Å²) in [5.41, 5.74) is 9.13. The summed E-state index contributed by atoms with van der Waals surface area (Å²) in [6, 6.07) is 26.4. The predicted octanol–water partition coefficient (Wildman–Crippen LogP) is 7.00. The van der Waals surface area contributed by atoms with Gasteiger partial charge in [-0.25, -0.2) is 0 Å². The highest BCUT2D eigenvalue weighted by Crippen LogP contribution is 2.38. The Morgan fingerprint density at radius 3 is 2.71 bits per heavy atom. The van der Waals surface area contributed by atoms with Crippen LogP contribution in [-0.4, -0.2) is 11.1 Å². The fourth-order valence-electron chi connectivity index (χ4n) is 5.23. The Kier molecular flexibility index (Phi) is 4.93. The lowest BCUT2D eigenvalue weighted by Crippen LogP contribution is -2.19. The zero-order valence-electron chi connectivity index (χ0n) is 19.1. The summed E-state index contributed by atoms with van der Waals surface area (Å²) in [7, 11) is 0. The molecule has 164 valence electrons. The average Bonchev–Trinajstić information content (AvgIpc) is 3.22. The topological polar surface area (TPSA) is 40.8 Å². The van der Waals surface area contributed by atoms with Gasteiger partial charge in [-0.15, -0.1) is 0 Å². The van der Waals surface area contributed by atoms with E-state index in [-0.39, 0.29) is 5.92 Å². The van der Waals surface area contributed by atoms with Crippen molar-refractivity contribution in [1.29, 1.82) is 5.26 Å². The molecule has 2 aliphatic rings. The molecule has 1 aromatic heterocycles. The number of benzene rings is 3. The van der Waals surface area contributed by atoms with Crippen molar-refractivity contribution in [2.75, 3.05) is 6.54 Å². The van der Waals surface area contributed by atoms with Gasteiger partial charge in [0.15, 0.2) is 0 Å². The lowest BCUT2D eigenvalue weighted by molar-refractivity contribution is 0.820. The summed E-state index contributed by atoms with van der Waals surface area (Å²) < 4.78 is 2.42. The Morgan fingerprint density at radius 2 is 1.79 bits per heavy atom. The third-order valence-corrected chi connectivity index (χ3v) is 6.83. The molecule has 1 aliphatic heterocycles. The van der Waals surface area contributed by atoms with E-state index in [4.69, 9.17) is 0 Å². The zero-order chi connectivity index (χ0) is 23.1. The smallest absolute Gasteiger partial charge is 0.0989 e. The number of hydrogen-bond donors (Lipinski definition) is 1. The van der Waals surface area contributed by atoms with E-state index >= 15 is 0 Å². The molecule has 3 aromatic carbocycles. The molecule has 1 atom stereocenters. The van der Waals surface area contributed by atoms with Crippen LogP contribution < -0.4 is 5.32 Å². The fourth-order valence-corrected chi connectivity index (χ4v) is 5.23. The second-order valence-corrected chi connectivity index (χ2v) is 9.01. The molecular weight excluding hydrogens is 414 g/mol. The van der Waals surface area contributed by atoms with Crippen LogP contribution in [0.15, 0.2) is 114 Å². The zero-order valence-corrected chi connectivity index (χ0v) is 19.1. The summed E-state index contributed by atoms with van der Waals surface area (Å²) in [6.07, 6.45) is 11.6. The molecule has 34 heavy (non-hydrogen) atoms. The molecule has 1 aliphatic carbocycles. The van der Waals surface area contributed by atoms with Crippen LogP contribution in [0, 0.1) is 18.3 Å². The molecule has 3 nitrogen and oxygen atoms in total. The molecule has 0 saturated carbocycles. The number of fused-ring (bicyclic) bond motifs is 3. The van der Waals surface area contributed by atoms with Gasteiger partial charge in [0.25, 0.3) is 0 Å². The van der Waals surface area contributed by atoms with Gasteiger partial charge in [0, 0.05) is 34.6 Å². The van der Waals surface area contributed by atoms with Gasteiger partial charge in [-0.05, 0) is 60.9 Å². The molecule has 6 rings (SSSR count). The summed E-state index contributed by atoms with van der Waals surface area (Å²) >= 11 is 0. The van der Waals surface area contributed by atoms with Crippen molar-refractivity contribution in [2.45, 2.75) is 19.3 Å². The number of para-hydroxylation sites is 2. The summed E-state index contributed by atoms with van der Waals surface area (Å²) in [4.78, 5) is 0. The normalized spacial score (nSPS) is 17.6. The fraction of sp³-hybridized carbons (Fsp3) is 0.129. The number of nitriles is 1. The number of nitrogens with zero attached hydrogens (tertiary/aromatic N) is 2. The van der Waals surface area contributed by atoms with Crippen molar-refractivity contribution in [3.05, 3.63) is 125 Å². The molecule has 1 N–H and O–H groups in total. The van der Waals surface area contributed by atoms with E-state index in [1.54, 1.807) is 0 Å². The van der Waals surface area contributed by atoms with Crippen LogP contribution >= 0.6 is 0 Å². The highest BCUT2D eigenvalue weighted by molar-refractivity contribution is 6.09. The van der Waals surface area contributed by atoms with Gasteiger partial charge in [0.1, 0.15) is 0 Å². The van der Waals surface area contributed by atoms with E-state index < -0.39 is 0 Å². The largest absolute Gasteiger partial charge is 0.381 e. The Morgan fingerprint density at radius 1 is 0.971 bits per heavy atom. The van der Waals surface area contributed by atoms with E-state index in [0.29, 0.717) is 12.1 Å². The monoisotopic (exact) mass is 439 g/mol. The third-order valence-electron chi connectivity index (χ3n) is 6.83. The van der Waals surface area contributed by atoms with Crippen LogP contribution in [0.2, 0.25) is 0 Å². The first kappa shape index (κ1) is 20.3. The maximum atomic E-state index is 9.34. The minimum absolute atomic E-state index is 0.247. The van der Waals surface area contributed by atoms with E-state index in [1.807, 2.05) is 12.2 Å². The second kappa shape index (κ2) is 8.24. The molecular formula is C31H25N3. The van der Waals surface area contributed by atoms with Crippen molar-refractivity contribution in [3.8, 4) is 11.8 Å². The number of allylic oxidation sites excluding steroid dienone is 5. The SMILES string of the molecule is Cc1ccc2c(c1)c1ccccc1n2-c1ccccc1C1C=C(C2=CC(C#N)=CCN2)C=CC1. The first-order valence-corrected chi connectivity index (χ1v) is 11.8. The Hall–Kier alpha value is -4.29. The van der Waals surface area contributed by atoms with E-state index in [1.165, 1.54) is 38.6 Å². The van der Waals surface area contributed by atoms with Crippen molar-refractivity contribution < 1.29 is 0 Å². The van der Waals surface area contributed by atoms with Gasteiger partial charge in [-0.3, -0.25) is 0 Å². The number of nitrogens with one attached hydrogen (secondary N) is 1. The number of aryl methyl sites for hydroxylation is 1. The van der Waals surface area contributed by atoms with Crippen molar-refractivity contribution >= 4 is 21.8 Å². The predicted molar refractivity (Wildman–Crippen MR) is 140 cm³/mol. The van der Waals surface area contributed by atoms with E-state index in [2.05, 4.69) is 108 Å². The lowest BCUT2D eigenvalue weighted by atomic mass is 9.87. The van der Waals surface area contributed by atoms with E-state index in [0.717, 1.165) is 17.7 Å². The molecule has 0 fully saturated rings. The molecule has 3 heteroatoms. The van der Waals surface area contributed by atoms with Gasteiger partial charge in [0.2, 0.25) is 0 Å². The Labute approximate surface area is 199 Å².